The summed E-state index contributed by atoms with van der Waals surface area (Å²) >= 11 is 0. The summed E-state index contributed by atoms with van der Waals surface area (Å²) in [6.07, 6.45) is 8.94. The van der Waals surface area contributed by atoms with Crippen molar-refractivity contribution in [2.45, 2.75) is 44.9 Å². The highest BCUT2D eigenvalue weighted by molar-refractivity contribution is 5.04. The van der Waals surface area contributed by atoms with E-state index in [0.29, 0.717) is 5.92 Å². The summed E-state index contributed by atoms with van der Waals surface area (Å²) in [6, 6.07) is 0. The molecule has 0 aliphatic heterocycles. The Morgan fingerprint density at radius 1 is 1.23 bits per heavy atom. The Morgan fingerprint density at radius 3 is 2.69 bits per heavy atom. The van der Waals surface area contributed by atoms with Crippen molar-refractivity contribution in [2.75, 3.05) is 13.7 Å². The van der Waals surface area contributed by atoms with E-state index in [4.69, 9.17) is 4.74 Å². The minimum Gasteiger partial charge on any atom is -0.385 e. The summed E-state index contributed by atoms with van der Waals surface area (Å²) in [5.41, 5.74) is 0. The van der Waals surface area contributed by atoms with Gasteiger partial charge >= 0.3 is 0 Å². The maximum atomic E-state index is 4.97. The van der Waals surface area contributed by atoms with Crippen LogP contribution < -0.4 is 0 Å². The van der Waals surface area contributed by atoms with E-state index in [9.17, 15) is 0 Å². The Kier molecular flexibility index (Phi) is 5.69. The molecule has 1 aliphatic carbocycles. The summed E-state index contributed by atoms with van der Waals surface area (Å²) < 4.78 is 4.97. The van der Waals surface area contributed by atoms with E-state index in [2.05, 4.69) is 11.8 Å². The first-order valence-electron chi connectivity index (χ1n) is 5.41. The lowest BCUT2D eigenvalue weighted by molar-refractivity contribution is 0.196. The van der Waals surface area contributed by atoms with Crippen LogP contribution in [0.25, 0.3) is 0 Å². The van der Waals surface area contributed by atoms with Crippen molar-refractivity contribution >= 4 is 0 Å². The largest absolute Gasteiger partial charge is 0.385 e. The third-order valence-electron chi connectivity index (χ3n) is 2.56. The normalized spacial score (nSPS) is 17.9. The Hall–Kier alpha value is -0.480. The van der Waals surface area contributed by atoms with E-state index < -0.39 is 0 Å². The highest BCUT2D eigenvalue weighted by atomic mass is 16.5. The standard InChI is InChI=1S/C12H20O/c1-13-11-7-3-6-10-12-8-4-2-5-9-12/h12H,2-5,7-9,11H2,1H3. The lowest BCUT2D eigenvalue weighted by Crippen LogP contribution is -2.02. The molecule has 0 heterocycles. The van der Waals surface area contributed by atoms with Crippen LogP contribution in [0.15, 0.2) is 0 Å². The maximum Gasteiger partial charge on any atom is 0.0471 e. The SMILES string of the molecule is COCCCC#CC1CCCCC1. The molecule has 1 aliphatic rings. The molecule has 0 atom stereocenters. The third kappa shape index (κ3) is 4.95. The topological polar surface area (TPSA) is 9.23 Å². The van der Waals surface area contributed by atoms with Gasteiger partial charge in [-0.1, -0.05) is 25.2 Å². The van der Waals surface area contributed by atoms with Crippen molar-refractivity contribution in [1.29, 1.82) is 0 Å². The van der Waals surface area contributed by atoms with E-state index in [1.165, 1.54) is 32.1 Å². The van der Waals surface area contributed by atoms with Crippen LogP contribution in [-0.4, -0.2) is 13.7 Å². The number of unbranched alkanes of at least 4 members (excludes halogenated alkanes) is 1. The lowest BCUT2D eigenvalue weighted by atomic mass is 9.90. The monoisotopic (exact) mass is 180 g/mol. The summed E-state index contributed by atoms with van der Waals surface area (Å²) in [6.45, 7) is 0.847. The van der Waals surface area contributed by atoms with Crippen LogP contribution in [0.2, 0.25) is 0 Å². The molecule has 0 aromatic carbocycles. The molecule has 1 heteroatoms. The molecule has 1 saturated carbocycles. The van der Waals surface area contributed by atoms with Gasteiger partial charge in [-0.25, -0.2) is 0 Å². The van der Waals surface area contributed by atoms with Gasteiger partial charge in [-0.2, -0.15) is 0 Å². The Labute approximate surface area is 81.9 Å². The number of hydrogen-bond donors (Lipinski definition) is 0. The first kappa shape index (κ1) is 10.6. The molecule has 1 rings (SSSR count). The average molecular weight is 180 g/mol. The average Bonchev–Trinajstić information content (AvgIpc) is 2.19. The number of ether oxygens (including phenoxy) is 1. The number of methoxy groups -OCH3 is 1. The predicted molar refractivity (Wildman–Crippen MR) is 55.5 cm³/mol. The van der Waals surface area contributed by atoms with Crippen LogP contribution >= 0.6 is 0 Å². The zero-order valence-electron chi connectivity index (χ0n) is 8.64. The van der Waals surface area contributed by atoms with Crippen LogP contribution in [0.5, 0.6) is 0 Å². The van der Waals surface area contributed by atoms with Gasteiger partial charge in [0.05, 0.1) is 0 Å². The first-order valence-corrected chi connectivity index (χ1v) is 5.41. The van der Waals surface area contributed by atoms with E-state index in [-0.39, 0.29) is 0 Å². The van der Waals surface area contributed by atoms with E-state index in [0.717, 1.165) is 19.4 Å². The molecule has 0 N–H and O–H groups in total. The van der Waals surface area contributed by atoms with Crippen LogP contribution in [0.1, 0.15) is 44.9 Å². The van der Waals surface area contributed by atoms with Crippen molar-refractivity contribution in [1.82, 2.24) is 0 Å². The van der Waals surface area contributed by atoms with Crippen molar-refractivity contribution in [2.24, 2.45) is 5.92 Å². The van der Waals surface area contributed by atoms with Gasteiger partial charge < -0.3 is 4.74 Å². The smallest absolute Gasteiger partial charge is 0.0471 e. The molecule has 1 nitrogen and oxygen atoms in total. The molecule has 0 radical (unpaired) electrons. The summed E-state index contributed by atoms with van der Waals surface area (Å²) in [7, 11) is 1.74. The summed E-state index contributed by atoms with van der Waals surface area (Å²) in [5, 5.41) is 0. The van der Waals surface area contributed by atoms with Gasteiger partial charge in [-0.3, -0.25) is 0 Å². The highest BCUT2D eigenvalue weighted by Crippen LogP contribution is 2.22. The minimum absolute atomic E-state index is 0.705. The molecule has 0 saturated heterocycles. The molecule has 0 bridgehead atoms. The van der Waals surface area contributed by atoms with Crippen LogP contribution in [0.3, 0.4) is 0 Å². The van der Waals surface area contributed by atoms with Gasteiger partial charge in [0.1, 0.15) is 0 Å². The third-order valence-corrected chi connectivity index (χ3v) is 2.56. The van der Waals surface area contributed by atoms with Crippen LogP contribution in [0, 0.1) is 17.8 Å². The number of rotatable bonds is 3. The van der Waals surface area contributed by atoms with Gasteiger partial charge in [0.15, 0.2) is 0 Å². The predicted octanol–water partition coefficient (Wildman–Crippen LogP) is 3.00. The van der Waals surface area contributed by atoms with Crippen molar-refractivity contribution in [3.8, 4) is 11.8 Å². The molecular formula is C12H20O. The van der Waals surface area contributed by atoms with Crippen molar-refractivity contribution < 1.29 is 4.74 Å². The minimum atomic E-state index is 0.705. The second-order valence-electron chi connectivity index (χ2n) is 3.75. The molecule has 74 valence electrons. The van der Waals surface area contributed by atoms with Gasteiger partial charge in [0, 0.05) is 26.1 Å². The Balaban J connectivity index is 2.06. The van der Waals surface area contributed by atoms with Gasteiger partial charge in [-0.15, -0.1) is 5.92 Å². The summed E-state index contributed by atoms with van der Waals surface area (Å²) in [5.74, 6) is 7.34. The zero-order chi connectivity index (χ0) is 9.36. The van der Waals surface area contributed by atoms with Crippen molar-refractivity contribution in [3.63, 3.8) is 0 Å². The zero-order valence-corrected chi connectivity index (χ0v) is 8.64. The molecule has 0 aromatic heterocycles. The van der Waals surface area contributed by atoms with Gasteiger partial charge in [0.2, 0.25) is 0 Å². The molecule has 13 heavy (non-hydrogen) atoms. The maximum absolute atomic E-state index is 4.97. The van der Waals surface area contributed by atoms with Gasteiger partial charge in [0.25, 0.3) is 0 Å². The van der Waals surface area contributed by atoms with E-state index >= 15 is 0 Å². The molecule has 0 unspecified atom stereocenters. The second kappa shape index (κ2) is 6.97. The fourth-order valence-corrected chi connectivity index (χ4v) is 1.77. The van der Waals surface area contributed by atoms with E-state index in [1.54, 1.807) is 7.11 Å². The molecular weight excluding hydrogens is 160 g/mol. The summed E-state index contributed by atoms with van der Waals surface area (Å²) in [4.78, 5) is 0. The van der Waals surface area contributed by atoms with Gasteiger partial charge in [-0.05, 0) is 19.3 Å². The molecule has 0 spiro atoms. The molecule has 1 fully saturated rings. The lowest BCUT2D eigenvalue weighted by Gasteiger charge is -2.15. The fraction of sp³-hybridized carbons (Fsp3) is 0.833. The van der Waals surface area contributed by atoms with Crippen molar-refractivity contribution in [3.05, 3.63) is 0 Å². The number of hydrogen-bond acceptors (Lipinski definition) is 1. The molecule has 0 amide bonds. The first-order chi connectivity index (χ1) is 6.43. The van der Waals surface area contributed by atoms with Crippen LogP contribution in [0.4, 0.5) is 0 Å². The quantitative estimate of drug-likeness (QED) is 0.479. The Morgan fingerprint density at radius 2 is 2.00 bits per heavy atom. The highest BCUT2D eigenvalue weighted by Gasteiger charge is 2.09. The van der Waals surface area contributed by atoms with E-state index in [1.807, 2.05) is 0 Å². The fourth-order valence-electron chi connectivity index (χ4n) is 1.77. The second-order valence-corrected chi connectivity index (χ2v) is 3.75. The molecule has 0 aromatic rings. The van der Waals surface area contributed by atoms with Crippen LogP contribution in [-0.2, 0) is 4.74 Å². The Bertz CT molecular complexity index is 169.